The molecule has 0 aliphatic carbocycles. The molecule has 0 fully saturated rings. The fraction of sp³-hybridized carbons (Fsp3) is 0.0769. The molecular weight excluding hydrogens is 259 g/mol. The number of benzene rings is 2. The maximum Gasteiger partial charge on any atom is 0.137 e. The number of hydrogen-bond donors (Lipinski definition) is 1. The summed E-state index contributed by atoms with van der Waals surface area (Å²) in [6.45, 7) is -0.173. The normalized spacial score (nSPS) is 10.5. The van der Waals surface area contributed by atoms with E-state index in [0.717, 1.165) is 4.90 Å². The van der Waals surface area contributed by atoms with Crippen LogP contribution in [-0.4, -0.2) is 5.11 Å². The van der Waals surface area contributed by atoms with E-state index in [-0.39, 0.29) is 12.4 Å². The minimum atomic E-state index is -0.323. The van der Waals surface area contributed by atoms with Crippen molar-refractivity contribution >= 4 is 23.4 Å². The largest absolute Gasteiger partial charge is 0.392 e. The Morgan fingerprint density at radius 1 is 1.12 bits per heavy atom. The summed E-state index contributed by atoms with van der Waals surface area (Å²) in [6.07, 6.45) is 0. The van der Waals surface area contributed by atoms with Gasteiger partial charge in [-0.25, -0.2) is 4.39 Å². The lowest BCUT2D eigenvalue weighted by Gasteiger charge is -2.08. The van der Waals surface area contributed by atoms with E-state index >= 15 is 0 Å². The molecule has 0 spiro atoms. The lowest BCUT2D eigenvalue weighted by atomic mass is 10.2. The van der Waals surface area contributed by atoms with Crippen molar-refractivity contribution in [1.29, 1.82) is 0 Å². The quantitative estimate of drug-likeness (QED) is 0.903. The van der Waals surface area contributed by atoms with Gasteiger partial charge in [-0.05, 0) is 35.9 Å². The van der Waals surface area contributed by atoms with E-state index in [1.54, 1.807) is 24.3 Å². The Morgan fingerprint density at radius 2 is 1.82 bits per heavy atom. The van der Waals surface area contributed by atoms with E-state index < -0.39 is 0 Å². The van der Waals surface area contributed by atoms with Crippen molar-refractivity contribution in [3.63, 3.8) is 0 Å². The van der Waals surface area contributed by atoms with Crippen LogP contribution >= 0.6 is 23.4 Å². The predicted molar refractivity (Wildman–Crippen MR) is 67.9 cm³/mol. The van der Waals surface area contributed by atoms with Crippen molar-refractivity contribution in [2.45, 2.75) is 16.4 Å². The van der Waals surface area contributed by atoms with Crippen molar-refractivity contribution < 1.29 is 9.50 Å². The van der Waals surface area contributed by atoms with Crippen molar-refractivity contribution in [3.8, 4) is 0 Å². The van der Waals surface area contributed by atoms with Crippen LogP contribution in [0.5, 0.6) is 0 Å². The first-order valence-corrected chi connectivity index (χ1v) is 6.22. The molecule has 17 heavy (non-hydrogen) atoms. The Kier molecular flexibility index (Phi) is 4.05. The minimum Gasteiger partial charge on any atom is -0.392 e. The number of halogens is 2. The zero-order chi connectivity index (χ0) is 12.3. The molecule has 0 heterocycles. The first kappa shape index (κ1) is 12.4. The number of rotatable bonds is 3. The van der Waals surface area contributed by atoms with Gasteiger partial charge < -0.3 is 5.11 Å². The number of aliphatic hydroxyl groups excluding tert-OH is 1. The van der Waals surface area contributed by atoms with E-state index in [1.165, 1.54) is 17.8 Å². The Balaban J connectivity index is 2.32. The van der Waals surface area contributed by atoms with Crippen LogP contribution < -0.4 is 0 Å². The Morgan fingerprint density at radius 3 is 2.47 bits per heavy atom. The molecule has 0 saturated heterocycles. The standard InChI is InChI=1S/C13H10ClFOS/c14-10-4-6-11(7-5-10)17-13-9(8-16)2-1-3-12(13)15/h1-7,16H,8H2. The topological polar surface area (TPSA) is 20.2 Å². The molecule has 0 bridgehead atoms. The van der Waals surface area contributed by atoms with E-state index in [1.807, 2.05) is 12.1 Å². The number of aliphatic hydroxyl groups is 1. The molecule has 88 valence electrons. The Bertz CT molecular complexity index is 513. The van der Waals surface area contributed by atoms with Crippen molar-refractivity contribution in [1.82, 2.24) is 0 Å². The SMILES string of the molecule is OCc1cccc(F)c1Sc1ccc(Cl)cc1. The van der Waals surface area contributed by atoms with Gasteiger partial charge in [-0.2, -0.15) is 0 Å². The van der Waals surface area contributed by atoms with Gasteiger partial charge in [-0.3, -0.25) is 0 Å². The molecule has 0 radical (unpaired) electrons. The third-order valence-electron chi connectivity index (χ3n) is 2.25. The third-order valence-corrected chi connectivity index (χ3v) is 3.67. The van der Waals surface area contributed by atoms with Crippen LogP contribution in [0.4, 0.5) is 4.39 Å². The Labute approximate surface area is 108 Å². The monoisotopic (exact) mass is 268 g/mol. The highest BCUT2D eigenvalue weighted by Crippen LogP contribution is 2.33. The molecule has 0 atom stereocenters. The summed E-state index contributed by atoms with van der Waals surface area (Å²) < 4.78 is 13.6. The predicted octanol–water partition coefficient (Wildman–Crippen LogP) is 4.12. The third kappa shape index (κ3) is 3.00. The molecule has 2 aromatic carbocycles. The number of hydrogen-bond acceptors (Lipinski definition) is 2. The fourth-order valence-electron chi connectivity index (χ4n) is 1.41. The average Bonchev–Trinajstić information content (AvgIpc) is 2.34. The summed E-state index contributed by atoms with van der Waals surface area (Å²) in [4.78, 5) is 1.34. The smallest absolute Gasteiger partial charge is 0.137 e. The van der Waals surface area contributed by atoms with Gasteiger partial charge in [0.05, 0.1) is 11.5 Å². The van der Waals surface area contributed by atoms with Crippen molar-refractivity contribution in [2.75, 3.05) is 0 Å². The van der Waals surface area contributed by atoms with Crippen LogP contribution in [-0.2, 0) is 6.61 Å². The van der Waals surface area contributed by atoms with Gasteiger partial charge in [0, 0.05) is 9.92 Å². The van der Waals surface area contributed by atoms with E-state index in [9.17, 15) is 4.39 Å². The van der Waals surface area contributed by atoms with E-state index in [4.69, 9.17) is 16.7 Å². The summed E-state index contributed by atoms with van der Waals surface area (Å²) in [5.41, 5.74) is 0.588. The van der Waals surface area contributed by atoms with Crippen LogP contribution in [0, 0.1) is 5.82 Å². The van der Waals surface area contributed by atoms with Gasteiger partial charge in [-0.1, -0.05) is 35.5 Å². The fourth-order valence-corrected chi connectivity index (χ4v) is 2.48. The van der Waals surface area contributed by atoms with Gasteiger partial charge in [-0.15, -0.1) is 0 Å². The van der Waals surface area contributed by atoms with Crippen LogP contribution in [0.3, 0.4) is 0 Å². The highest BCUT2D eigenvalue weighted by molar-refractivity contribution is 7.99. The van der Waals surface area contributed by atoms with Crippen LogP contribution in [0.1, 0.15) is 5.56 Å². The molecule has 1 nitrogen and oxygen atoms in total. The second kappa shape index (κ2) is 5.54. The lowest BCUT2D eigenvalue weighted by Crippen LogP contribution is -1.91. The minimum absolute atomic E-state index is 0.173. The molecule has 0 aliphatic rings. The summed E-state index contributed by atoms with van der Waals surface area (Å²) in [6, 6.07) is 11.8. The zero-order valence-electron chi connectivity index (χ0n) is 8.86. The molecule has 0 aliphatic heterocycles. The maximum atomic E-state index is 13.6. The molecule has 0 saturated carbocycles. The summed E-state index contributed by atoms with van der Waals surface area (Å²) in [7, 11) is 0. The van der Waals surface area contributed by atoms with E-state index in [2.05, 4.69) is 0 Å². The molecule has 2 rings (SSSR count). The van der Waals surface area contributed by atoms with Crippen molar-refractivity contribution in [2.24, 2.45) is 0 Å². The first-order valence-electron chi connectivity index (χ1n) is 5.02. The second-order valence-corrected chi connectivity index (χ2v) is 4.96. The molecule has 0 unspecified atom stereocenters. The summed E-state index contributed by atoms with van der Waals surface area (Å²) in [5.74, 6) is -0.323. The molecule has 1 N–H and O–H groups in total. The van der Waals surface area contributed by atoms with Gasteiger partial charge in [0.1, 0.15) is 5.82 Å². The maximum absolute atomic E-state index is 13.6. The van der Waals surface area contributed by atoms with Crippen LogP contribution in [0.2, 0.25) is 5.02 Å². The summed E-state index contributed by atoms with van der Waals surface area (Å²) in [5, 5.41) is 9.81. The molecular formula is C13H10ClFOS. The van der Waals surface area contributed by atoms with Crippen LogP contribution in [0.15, 0.2) is 52.3 Å². The first-order chi connectivity index (χ1) is 8.20. The average molecular weight is 269 g/mol. The molecule has 2 aromatic rings. The van der Waals surface area contributed by atoms with Crippen molar-refractivity contribution in [3.05, 3.63) is 58.9 Å². The molecule has 4 heteroatoms. The highest BCUT2D eigenvalue weighted by Gasteiger charge is 2.09. The Hall–Kier alpha value is -1.03. The zero-order valence-corrected chi connectivity index (χ0v) is 10.4. The van der Waals surface area contributed by atoms with E-state index in [0.29, 0.717) is 15.5 Å². The van der Waals surface area contributed by atoms with Crippen LogP contribution in [0.25, 0.3) is 0 Å². The van der Waals surface area contributed by atoms with Gasteiger partial charge in [0.2, 0.25) is 0 Å². The van der Waals surface area contributed by atoms with Gasteiger partial charge >= 0.3 is 0 Å². The molecule has 0 aromatic heterocycles. The van der Waals surface area contributed by atoms with Gasteiger partial charge in [0.25, 0.3) is 0 Å². The van der Waals surface area contributed by atoms with Gasteiger partial charge in [0.15, 0.2) is 0 Å². The second-order valence-electron chi connectivity index (χ2n) is 3.44. The lowest BCUT2D eigenvalue weighted by molar-refractivity contribution is 0.277. The highest BCUT2D eigenvalue weighted by atomic mass is 35.5. The molecule has 0 amide bonds. The summed E-state index contributed by atoms with van der Waals surface area (Å²) >= 11 is 7.06.